The lowest BCUT2D eigenvalue weighted by atomic mass is 9.73. The predicted octanol–water partition coefficient (Wildman–Crippen LogP) is 2.54. The van der Waals surface area contributed by atoms with Crippen molar-refractivity contribution in [3.05, 3.63) is 48.7 Å². The van der Waals surface area contributed by atoms with E-state index in [0.717, 1.165) is 36.0 Å². The first-order valence-electron chi connectivity index (χ1n) is 9.38. The Morgan fingerprint density at radius 3 is 3.00 bits per heavy atom. The van der Waals surface area contributed by atoms with E-state index in [1.54, 1.807) is 6.20 Å². The zero-order valence-corrected chi connectivity index (χ0v) is 14.9. The van der Waals surface area contributed by atoms with Crippen LogP contribution in [0.2, 0.25) is 0 Å². The molecule has 0 amide bonds. The van der Waals surface area contributed by atoms with Crippen molar-refractivity contribution in [3.63, 3.8) is 0 Å². The van der Waals surface area contributed by atoms with Crippen molar-refractivity contribution < 1.29 is 14.9 Å². The lowest BCUT2D eigenvalue weighted by molar-refractivity contribution is -0.0444. The van der Waals surface area contributed by atoms with Crippen LogP contribution in [0.5, 0.6) is 5.75 Å². The minimum atomic E-state index is -0.554. The highest BCUT2D eigenvalue weighted by molar-refractivity contribution is 5.84. The molecule has 138 valence electrons. The van der Waals surface area contributed by atoms with E-state index >= 15 is 0 Å². The van der Waals surface area contributed by atoms with E-state index in [1.807, 2.05) is 24.3 Å². The van der Waals surface area contributed by atoms with Gasteiger partial charge in [0, 0.05) is 24.2 Å². The third-order valence-corrected chi connectivity index (χ3v) is 5.94. The molecular weight excluding hydrogens is 328 g/mol. The summed E-state index contributed by atoms with van der Waals surface area (Å²) in [6.07, 6.45) is 5.48. The van der Waals surface area contributed by atoms with Gasteiger partial charge in [0.25, 0.3) is 0 Å². The highest BCUT2D eigenvalue weighted by Crippen LogP contribution is 2.42. The molecule has 0 radical (unpaired) electrons. The maximum Gasteiger partial charge on any atom is 0.120 e. The van der Waals surface area contributed by atoms with Crippen molar-refractivity contribution in [2.75, 3.05) is 26.3 Å². The molecular formula is C21H26N2O3. The number of aliphatic hydroxyl groups is 2. The summed E-state index contributed by atoms with van der Waals surface area (Å²) in [6.45, 7) is 6.24. The number of fused-ring (bicyclic) bond motifs is 4. The van der Waals surface area contributed by atoms with Gasteiger partial charge in [-0.1, -0.05) is 6.08 Å². The van der Waals surface area contributed by atoms with E-state index in [1.165, 1.54) is 6.42 Å². The number of hydrogen-bond acceptors (Lipinski definition) is 5. The SMILES string of the molecule is C=CC1CN2CCC1CC2C(O)c1ccnc2ccc(OCCO)cc12. The minimum Gasteiger partial charge on any atom is -0.491 e. The van der Waals surface area contributed by atoms with Crippen LogP contribution in [0, 0.1) is 11.8 Å². The summed E-state index contributed by atoms with van der Waals surface area (Å²) < 4.78 is 5.54. The fourth-order valence-corrected chi connectivity index (χ4v) is 4.57. The zero-order chi connectivity index (χ0) is 18.1. The summed E-state index contributed by atoms with van der Waals surface area (Å²) in [4.78, 5) is 6.83. The molecule has 1 aromatic carbocycles. The summed E-state index contributed by atoms with van der Waals surface area (Å²) in [5.74, 6) is 1.85. The fraction of sp³-hybridized carbons (Fsp3) is 0.476. The third kappa shape index (κ3) is 3.11. The molecule has 0 spiro atoms. The van der Waals surface area contributed by atoms with Crippen molar-refractivity contribution in [1.82, 2.24) is 9.88 Å². The highest BCUT2D eigenvalue weighted by atomic mass is 16.5. The van der Waals surface area contributed by atoms with Gasteiger partial charge >= 0.3 is 0 Å². The van der Waals surface area contributed by atoms with Gasteiger partial charge in [-0.3, -0.25) is 9.88 Å². The van der Waals surface area contributed by atoms with Crippen LogP contribution >= 0.6 is 0 Å². The molecule has 2 aromatic rings. The Labute approximate surface area is 153 Å². The summed E-state index contributed by atoms with van der Waals surface area (Å²) >= 11 is 0. The smallest absolute Gasteiger partial charge is 0.120 e. The van der Waals surface area contributed by atoms with Gasteiger partial charge in [0.1, 0.15) is 12.4 Å². The number of benzene rings is 1. The van der Waals surface area contributed by atoms with Crippen LogP contribution in [0.1, 0.15) is 24.5 Å². The topological polar surface area (TPSA) is 65.8 Å². The Balaban J connectivity index is 1.64. The zero-order valence-electron chi connectivity index (χ0n) is 14.9. The second-order valence-corrected chi connectivity index (χ2v) is 7.34. The van der Waals surface area contributed by atoms with E-state index in [0.29, 0.717) is 17.6 Å². The molecule has 0 aliphatic carbocycles. The van der Waals surface area contributed by atoms with Gasteiger partial charge in [-0.25, -0.2) is 0 Å². The second-order valence-electron chi connectivity index (χ2n) is 7.34. The first-order chi connectivity index (χ1) is 12.7. The lowest BCUT2D eigenvalue weighted by Gasteiger charge is -2.50. The van der Waals surface area contributed by atoms with Gasteiger partial charge in [0.2, 0.25) is 0 Å². The molecule has 26 heavy (non-hydrogen) atoms. The number of aliphatic hydroxyl groups excluding tert-OH is 2. The average molecular weight is 354 g/mol. The van der Waals surface area contributed by atoms with Gasteiger partial charge < -0.3 is 14.9 Å². The lowest BCUT2D eigenvalue weighted by Crippen LogP contribution is -2.54. The molecule has 5 atom stereocenters. The molecule has 3 fully saturated rings. The van der Waals surface area contributed by atoms with Crippen LogP contribution in [-0.2, 0) is 0 Å². The fourth-order valence-electron chi connectivity index (χ4n) is 4.57. The van der Waals surface area contributed by atoms with Crippen LogP contribution in [0.3, 0.4) is 0 Å². The molecule has 5 unspecified atom stereocenters. The number of hydrogen-bond donors (Lipinski definition) is 2. The molecule has 0 saturated carbocycles. The van der Waals surface area contributed by atoms with Gasteiger partial charge in [0.05, 0.1) is 18.2 Å². The molecule has 2 N–H and O–H groups in total. The number of nitrogens with zero attached hydrogens (tertiary/aromatic N) is 2. The first kappa shape index (κ1) is 17.5. The summed E-state index contributed by atoms with van der Waals surface area (Å²) in [5.41, 5.74) is 1.75. The van der Waals surface area contributed by atoms with E-state index in [4.69, 9.17) is 9.84 Å². The van der Waals surface area contributed by atoms with Crippen molar-refractivity contribution in [2.45, 2.75) is 25.0 Å². The molecule has 1 aromatic heterocycles. The number of ether oxygens (including phenoxy) is 1. The number of aromatic nitrogens is 1. The van der Waals surface area contributed by atoms with Crippen molar-refractivity contribution in [3.8, 4) is 5.75 Å². The van der Waals surface area contributed by atoms with Crippen molar-refractivity contribution in [2.24, 2.45) is 11.8 Å². The standard InChI is InChI=1S/C21H26N2O3/c1-2-14-13-23-8-6-15(14)11-20(23)21(25)17-5-7-22-19-4-3-16(12-18(17)19)26-10-9-24/h2-5,7,12,14-15,20-21,24-25H,1,6,8-11,13H2. The quantitative estimate of drug-likeness (QED) is 0.781. The van der Waals surface area contributed by atoms with E-state index in [2.05, 4.69) is 22.5 Å². The number of rotatable bonds is 6. The summed E-state index contributed by atoms with van der Waals surface area (Å²) in [5, 5.41) is 21.1. The van der Waals surface area contributed by atoms with Crippen molar-refractivity contribution >= 4 is 10.9 Å². The van der Waals surface area contributed by atoms with E-state index in [9.17, 15) is 5.11 Å². The number of pyridine rings is 1. The van der Waals surface area contributed by atoms with Crippen LogP contribution in [0.25, 0.3) is 10.9 Å². The monoisotopic (exact) mass is 354 g/mol. The Hall–Kier alpha value is -1.95. The first-order valence-corrected chi connectivity index (χ1v) is 9.38. The van der Waals surface area contributed by atoms with Crippen LogP contribution in [0.15, 0.2) is 43.1 Å². The summed E-state index contributed by atoms with van der Waals surface area (Å²) in [6, 6.07) is 7.72. The third-order valence-electron chi connectivity index (χ3n) is 5.94. The molecule has 5 heteroatoms. The molecule has 5 nitrogen and oxygen atoms in total. The second kappa shape index (κ2) is 7.35. The molecule has 3 saturated heterocycles. The van der Waals surface area contributed by atoms with Crippen LogP contribution in [0.4, 0.5) is 0 Å². The average Bonchev–Trinajstić information content (AvgIpc) is 2.71. The van der Waals surface area contributed by atoms with Crippen LogP contribution < -0.4 is 4.74 Å². The highest BCUT2D eigenvalue weighted by Gasteiger charge is 2.42. The largest absolute Gasteiger partial charge is 0.491 e. The molecule has 2 bridgehead atoms. The molecule has 3 aliphatic rings. The normalized spacial score (nSPS) is 28.8. The Morgan fingerprint density at radius 2 is 2.27 bits per heavy atom. The maximum absolute atomic E-state index is 11.2. The Morgan fingerprint density at radius 1 is 1.38 bits per heavy atom. The Bertz CT molecular complexity index is 794. The van der Waals surface area contributed by atoms with Gasteiger partial charge in [-0.05, 0) is 61.1 Å². The molecule has 4 heterocycles. The van der Waals surface area contributed by atoms with Gasteiger partial charge in [-0.2, -0.15) is 0 Å². The number of piperidine rings is 3. The Kier molecular flexibility index (Phi) is 4.94. The van der Waals surface area contributed by atoms with Gasteiger partial charge in [-0.15, -0.1) is 6.58 Å². The van der Waals surface area contributed by atoms with Crippen molar-refractivity contribution in [1.29, 1.82) is 0 Å². The molecule has 5 rings (SSSR count). The van der Waals surface area contributed by atoms with Gasteiger partial charge in [0.15, 0.2) is 0 Å². The van der Waals surface area contributed by atoms with Crippen LogP contribution in [-0.4, -0.2) is 52.4 Å². The van der Waals surface area contributed by atoms with E-state index in [-0.39, 0.29) is 19.3 Å². The molecule has 3 aliphatic heterocycles. The maximum atomic E-state index is 11.2. The van der Waals surface area contributed by atoms with E-state index < -0.39 is 6.10 Å². The predicted molar refractivity (Wildman–Crippen MR) is 101 cm³/mol. The minimum absolute atomic E-state index is 0.0244. The summed E-state index contributed by atoms with van der Waals surface area (Å²) in [7, 11) is 0.